The van der Waals surface area contributed by atoms with Crippen LogP contribution in [0.4, 0.5) is 14.5 Å². The molecule has 2 aromatic carbocycles. The predicted molar refractivity (Wildman–Crippen MR) is 148 cm³/mol. The van der Waals surface area contributed by atoms with Gasteiger partial charge in [0, 0.05) is 40.9 Å². The zero-order valence-electron chi connectivity index (χ0n) is 22.4. The number of anilines is 1. The van der Waals surface area contributed by atoms with Gasteiger partial charge in [-0.05, 0) is 68.7 Å². The number of carboxylic acids is 1. The third-order valence-electron chi connectivity index (χ3n) is 7.00. The second-order valence-corrected chi connectivity index (χ2v) is 10.3. The van der Waals surface area contributed by atoms with E-state index in [1.807, 2.05) is 6.92 Å². The van der Waals surface area contributed by atoms with Gasteiger partial charge in [0.05, 0.1) is 24.5 Å². The Labute approximate surface area is 239 Å². The molecule has 2 N–H and O–H groups in total. The number of ether oxygens (including phenoxy) is 3. The summed E-state index contributed by atoms with van der Waals surface area (Å²) in [7, 11) is 1.34. The number of nitrogens with zero attached hydrogens (tertiary/aromatic N) is 1. The maximum atomic E-state index is 13.5. The molecule has 0 saturated heterocycles. The van der Waals surface area contributed by atoms with Crippen LogP contribution < -0.4 is 20.3 Å². The van der Waals surface area contributed by atoms with Gasteiger partial charge in [-0.25, -0.2) is 4.79 Å². The van der Waals surface area contributed by atoms with E-state index >= 15 is 0 Å². The first-order chi connectivity index (χ1) is 19.5. The molecule has 0 aliphatic heterocycles. The Morgan fingerprint density at radius 1 is 1.10 bits per heavy atom. The van der Waals surface area contributed by atoms with Crippen LogP contribution in [0.3, 0.4) is 0 Å². The molecule has 41 heavy (non-hydrogen) atoms. The lowest BCUT2D eigenvalue weighted by molar-refractivity contribution is -0.122. The molecule has 0 unspecified atom stereocenters. The number of aromatic nitrogens is 1. The average Bonchev–Trinajstić information content (AvgIpc) is 2.91. The van der Waals surface area contributed by atoms with Crippen molar-refractivity contribution in [3.8, 4) is 22.6 Å². The van der Waals surface area contributed by atoms with E-state index < -0.39 is 30.1 Å². The fraction of sp³-hybridized carbons (Fsp3) is 0.345. The number of alkyl halides is 2. The Kier molecular flexibility index (Phi) is 9.29. The van der Waals surface area contributed by atoms with E-state index in [9.17, 15) is 23.2 Å². The monoisotopic (exact) mass is 590 g/mol. The summed E-state index contributed by atoms with van der Waals surface area (Å²) in [5.74, 6) is -1.75. The largest absolute Gasteiger partial charge is 0.495 e. The lowest BCUT2D eigenvalue weighted by Crippen LogP contribution is -2.38. The summed E-state index contributed by atoms with van der Waals surface area (Å²) in [4.78, 5) is 38.1. The van der Waals surface area contributed by atoms with Gasteiger partial charge in [-0.1, -0.05) is 11.6 Å². The Bertz CT molecular complexity index is 1470. The van der Waals surface area contributed by atoms with Crippen LogP contribution in [0.2, 0.25) is 5.02 Å². The number of rotatable bonds is 12. The van der Waals surface area contributed by atoms with Crippen LogP contribution in [0.15, 0.2) is 59.5 Å². The molecule has 1 aromatic heterocycles. The van der Waals surface area contributed by atoms with E-state index in [1.165, 1.54) is 66.4 Å². The van der Waals surface area contributed by atoms with Crippen LogP contribution in [0.25, 0.3) is 11.1 Å². The van der Waals surface area contributed by atoms with Crippen LogP contribution in [0, 0.1) is 0 Å². The van der Waals surface area contributed by atoms with Crippen molar-refractivity contribution in [2.24, 2.45) is 0 Å². The first kappa shape index (κ1) is 30.0. The summed E-state index contributed by atoms with van der Waals surface area (Å²) in [5, 5.41) is 12.1. The number of carbonyl (C=O) groups excluding carboxylic acids is 1. The van der Waals surface area contributed by atoms with E-state index in [1.54, 1.807) is 0 Å². The molecule has 1 amide bonds. The Balaban J connectivity index is 1.70. The summed E-state index contributed by atoms with van der Waals surface area (Å²) in [6.07, 6.45) is 4.29. The highest BCUT2D eigenvalue weighted by Gasteiger charge is 2.33. The quantitative estimate of drug-likeness (QED) is 0.265. The zero-order chi connectivity index (χ0) is 29.7. The van der Waals surface area contributed by atoms with Gasteiger partial charge in [0.15, 0.2) is 0 Å². The molecular formula is C29H29ClF2N2O7. The van der Waals surface area contributed by atoms with E-state index in [0.717, 1.165) is 19.3 Å². The number of carbonyl (C=O) groups is 2. The molecule has 0 spiro atoms. The van der Waals surface area contributed by atoms with Gasteiger partial charge in [0.1, 0.15) is 17.5 Å². The number of aromatic carboxylic acids is 1. The van der Waals surface area contributed by atoms with E-state index in [0.29, 0.717) is 5.69 Å². The van der Waals surface area contributed by atoms with Crippen LogP contribution in [-0.4, -0.2) is 47.5 Å². The van der Waals surface area contributed by atoms with E-state index in [4.69, 9.17) is 26.2 Å². The first-order valence-corrected chi connectivity index (χ1v) is 13.2. The second kappa shape index (κ2) is 12.7. The number of nitrogens with one attached hydrogen (secondary N) is 1. The van der Waals surface area contributed by atoms with Crippen molar-refractivity contribution in [3.05, 3.63) is 75.7 Å². The van der Waals surface area contributed by atoms with Crippen LogP contribution in [0.1, 0.15) is 49.0 Å². The van der Waals surface area contributed by atoms with Gasteiger partial charge >= 0.3 is 12.6 Å². The third-order valence-corrected chi connectivity index (χ3v) is 7.24. The highest BCUT2D eigenvalue weighted by atomic mass is 35.5. The van der Waals surface area contributed by atoms with Gasteiger partial charge in [0.2, 0.25) is 5.91 Å². The molecule has 1 atom stereocenters. The summed E-state index contributed by atoms with van der Waals surface area (Å²) < 4.78 is 43.5. The first-order valence-electron chi connectivity index (χ1n) is 12.8. The van der Waals surface area contributed by atoms with Gasteiger partial charge in [-0.2, -0.15) is 8.78 Å². The van der Waals surface area contributed by atoms with Crippen LogP contribution >= 0.6 is 11.6 Å². The number of halogens is 3. The van der Waals surface area contributed by atoms with Gasteiger partial charge < -0.3 is 24.6 Å². The Hall–Kier alpha value is -3.96. The lowest BCUT2D eigenvalue weighted by atomic mass is 9.82. The van der Waals surface area contributed by atoms with Gasteiger partial charge in [-0.15, -0.1) is 0 Å². The number of pyridine rings is 1. The standard InChI is InChI=1S/C29H29ClF2N2O7/c1-29(11-3-12-29)40-13-10-22(26(36)33-19-7-4-17(5-8-19)27(37)38)34-16-24(39-2)21(15-25(34)35)20-14-18(30)6-9-23(20)41-28(31)32/h4-9,14-16,22,28H,3,10-13H2,1-2H3,(H,33,36)(H,37,38)/t22-/m0/s1. The van der Waals surface area contributed by atoms with E-state index in [-0.39, 0.29) is 51.8 Å². The molecule has 1 heterocycles. The van der Waals surface area contributed by atoms with Crippen molar-refractivity contribution < 1.29 is 37.7 Å². The maximum Gasteiger partial charge on any atom is 0.387 e. The van der Waals surface area contributed by atoms with Gasteiger partial charge in [-0.3, -0.25) is 14.2 Å². The van der Waals surface area contributed by atoms with Crippen molar-refractivity contribution in [1.29, 1.82) is 0 Å². The number of methoxy groups -OCH3 is 1. The van der Waals surface area contributed by atoms with Crippen LogP contribution in [0.5, 0.6) is 11.5 Å². The SMILES string of the molecule is COc1cn([C@@H](CCOC2(C)CCC2)C(=O)Nc2ccc(C(=O)O)cc2)c(=O)cc1-c1cc(Cl)ccc1OC(F)F. The summed E-state index contributed by atoms with van der Waals surface area (Å²) in [6, 6.07) is 9.72. The van der Waals surface area contributed by atoms with E-state index in [2.05, 4.69) is 10.1 Å². The molecule has 1 aliphatic rings. The molecule has 9 nitrogen and oxygen atoms in total. The summed E-state index contributed by atoms with van der Waals surface area (Å²) in [5.41, 5.74) is -0.252. The molecule has 4 rings (SSSR count). The normalized spacial score (nSPS) is 14.7. The summed E-state index contributed by atoms with van der Waals surface area (Å²) >= 11 is 6.11. The number of hydrogen-bond donors (Lipinski definition) is 2. The molecule has 3 aromatic rings. The number of carboxylic acid groups (broad SMARTS) is 1. The minimum atomic E-state index is -3.11. The average molecular weight is 591 g/mol. The zero-order valence-corrected chi connectivity index (χ0v) is 23.1. The molecule has 218 valence electrons. The van der Waals surface area contributed by atoms with Crippen molar-refractivity contribution in [2.45, 2.75) is 50.9 Å². The Morgan fingerprint density at radius 2 is 1.78 bits per heavy atom. The van der Waals surface area contributed by atoms with Gasteiger partial charge in [0.25, 0.3) is 5.56 Å². The summed E-state index contributed by atoms with van der Waals surface area (Å²) in [6.45, 7) is -0.940. The third kappa shape index (κ3) is 7.22. The molecule has 12 heteroatoms. The topological polar surface area (TPSA) is 116 Å². The predicted octanol–water partition coefficient (Wildman–Crippen LogP) is 6.01. The number of amides is 1. The van der Waals surface area contributed by atoms with Crippen molar-refractivity contribution in [1.82, 2.24) is 4.57 Å². The van der Waals surface area contributed by atoms with Crippen molar-refractivity contribution >= 4 is 29.2 Å². The van der Waals surface area contributed by atoms with Crippen molar-refractivity contribution in [3.63, 3.8) is 0 Å². The van der Waals surface area contributed by atoms with Crippen LogP contribution in [-0.2, 0) is 9.53 Å². The molecule has 1 fully saturated rings. The lowest BCUT2D eigenvalue weighted by Gasteiger charge is -2.38. The molecule has 1 saturated carbocycles. The number of benzene rings is 2. The minimum Gasteiger partial charge on any atom is -0.495 e. The molecule has 0 radical (unpaired) electrons. The van der Waals surface area contributed by atoms with Crippen molar-refractivity contribution in [2.75, 3.05) is 19.0 Å². The molecule has 0 bridgehead atoms. The minimum absolute atomic E-state index is 0.0504. The molecule has 1 aliphatic carbocycles. The fourth-order valence-corrected chi connectivity index (χ4v) is 4.78. The Morgan fingerprint density at radius 3 is 2.37 bits per heavy atom. The highest BCUT2D eigenvalue weighted by Crippen LogP contribution is 2.39. The second-order valence-electron chi connectivity index (χ2n) is 9.85. The maximum absolute atomic E-state index is 13.5. The molecular weight excluding hydrogens is 562 g/mol. The number of hydrogen-bond acceptors (Lipinski definition) is 6. The highest BCUT2D eigenvalue weighted by molar-refractivity contribution is 6.31. The fourth-order valence-electron chi connectivity index (χ4n) is 4.61. The smallest absolute Gasteiger partial charge is 0.387 e.